The molecule has 0 fully saturated rings. The molecule has 0 aromatic rings. The molecule has 30 heavy (non-hydrogen) atoms. The van der Waals surface area contributed by atoms with E-state index in [4.69, 9.17) is 11.5 Å². The summed E-state index contributed by atoms with van der Waals surface area (Å²) in [5.74, 6) is 3.84. The van der Waals surface area contributed by atoms with Gasteiger partial charge >= 0.3 is 0 Å². The molecule has 0 heterocycles. The zero-order valence-electron chi connectivity index (χ0n) is 19.3. The largest absolute Gasteiger partial charge is 0.512 e. The molecule has 0 amide bonds. The van der Waals surface area contributed by atoms with Gasteiger partial charge in [-0.15, -0.1) is 6.42 Å². The van der Waals surface area contributed by atoms with E-state index in [0.29, 0.717) is 24.0 Å². The van der Waals surface area contributed by atoms with E-state index >= 15 is 0 Å². The van der Waals surface area contributed by atoms with Crippen LogP contribution in [-0.4, -0.2) is 22.2 Å². The van der Waals surface area contributed by atoms with E-state index in [1.807, 2.05) is 6.08 Å². The van der Waals surface area contributed by atoms with Gasteiger partial charge in [-0.05, 0) is 82.9 Å². The van der Waals surface area contributed by atoms with Crippen LogP contribution in [0, 0.1) is 24.2 Å². The number of rotatable bonds is 9. The number of hydrogen-bond acceptors (Lipinski definition) is 2. The van der Waals surface area contributed by atoms with Gasteiger partial charge in [-0.25, -0.2) is 8.78 Å². The minimum absolute atomic E-state index is 0.347. The van der Waals surface area contributed by atoms with Gasteiger partial charge in [0.2, 0.25) is 0 Å². The molecule has 170 valence electrons. The zero-order chi connectivity index (χ0) is 23.3. The van der Waals surface area contributed by atoms with Crippen molar-refractivity contribution in [3.63, 3.8) is 0 Å². The number of hydrogen-bond donors (Lipinski definition) is 2. The van der Waals surface area contributed by atoms with E-state index in [-0.39, 0.29) is 0 Å². The van der Waals surface area contributed by atoms with Crippen LogP contribution in [0.3, 0.4) is 0 Å². The monoisotopic (exact) mass is 422 g/mol. The second-order valence-electron chi connectivity index (χ2n) is 8.81. The summed E-state index contributed by atoms with van der Waals surface area (Å²) >= 11 is 0. The van der Waals surface area contributed by atoms with E-state index < -0.39 is 12.0 Å². The topological polar surface area (TPSA) is 40.5 Å². The van der Waals surface area contributed by atoms with E-state index in [2.05, 4.69) is 39.3 Å². The molecule has 1 rings (SSSR count). The third-order valence-electron chi connectivity index (χ3n) is 5.17. The molecule has 0 aromatic carbocycles. The Bertz CT molecular complexity index is 658. The number of terminal acetylenes is 1. The third kappa shape index (κ3) is 12.0. The van der Waals surface area contributed by atoms with Crippen molar-refractivity contribution in [3.05, 3.63) is 47.3 Å². The Morgan fingerprint density at radius 2 is 2.00 bits per heavy atom. The number of aliphatic hydroxyl groups excluding tert-OH is 1. The molecule has 0 bridgehead atoms. The standard InChI is InChI=1S/C22H32O.C4H8F2O/c1-6-8-9-11-19(10-7-2)15-21(23)16-20-14-18(5)12-13-22(20)17(3)4;1-4(2,7)3(5)6/h2,10,14-15,20,22-23H,3,6,8-9,11-13,16H2,1,4-5H3;3,7H,1-2H3/b19-10-,21-15+;. The van der Waals surface area contributed by atoms with Gasteiger partial charge in [0, 0.05) is 6.42 Å². The molecular formula is C26H40F2O2. The second kappa shape index (κ2) is 14.2. The van der Waals surface area contributed by atoms with Crippen LogP contribution >= 0.6 is 0 Å². The van der Waals surface area contributed by atoms with E-state index in [0.717, 1.165) is 45.1 Å². The lowest BCUT2D eigenvalue weighted by Gasteiger charge is -2.30. The molecule has 0 aromatic heterocycles. The summed E-state index contributed by atoms with van der Waals surface area (Å²) < 4.78 is 22.6. The first-order valence-electron chi connectivity index (χ1n) is 10.8. The lowest BCUT2D eigenvalue weighted by molar-refractivity contribution is -0.0695. The van der Waals surface area contributed by atoms with Gasteiger partial charge < -0.3 is 10.2 Å². The Balaban J connectivity index is 0.00000103. The minimum atomic E-state index is -2.65. The first-order valence-corrected chi connectivity index (χ1v) is 10.8. The molecule has 0 aliphatic heterocycles. The van der Waals surface area contributed by atoms with Gasteiger partial charge in [0.15, 0.2) is 0 Å². The van der Waals surface area contributed by atoms with Crippen LogP contribution in [0.4, 0.5) is 8.78 Å². The number of allylic oxidation sites excluding steroid dienone is 7. The van der Waals surface area contributed by atoms with Gasteiger partial charge in [0.1, 0.15) is 5.60 Å². The predicted molar refractivity (Wildman–Crippen MR) is 123 cm³/mol. The van der Waals surface area contributed by atoms with Crippen molar-refractivity contribution in [3.8, 4) is 12.3 Å². The zero-order valence-corrected chi connectivity index (χ0v) is 19.3. The summed E-state index contributed by atoms with van der Waals surface area (Å²) in [7, 11) is 0. The number of unbranched alkanes of at least 4 members (excludes halogenated alkanes) is 2. The van der Waals surface area contributed by atoms with Crippen molar-refractivity contribution in [1.82, 2.24) is 0 Å². The van der Waals surface area contributed by atoms with Gasteiger partial charge in [-0.1, -0.05) is 49.5 Å². The maximum absolute atomic E-state index is 11.3. The van der Waals surface area contributed by atoms with Crippen LogP contribution in [0.5, 0.6) is 0 Å². The Morgan fingerprint density at radius 1 is 1.40 bits per heavy atom. The number of halogens is 2. The summed E-state index contributed by atoms with van der Waals surface area (Å²) in [6, 6.07) is 0. The molecular weight excluding hydrogens is 382 g/mol. The van der Waals surface area contributed by atoms with Crippen molar-refractivity contribution in [2.75, 3.05) is 0 Å². The molecule has 4 heteroatoms. The van der Waals surface area contributed by atoms with Gasteiger partial charge in [-0.3, -0.25) is 0 Å². The number of aliphatic hydroxyl groups is 2. The molecule has 0 saturated heterocycles. The van der Waals surface area contributed by atoms with E-state index in [9.17, 15) is 13.9 Å². The smallest absolute Gasteiger partial charge is 0.266 e. The lowest BCUT2D eigenvalue weighted by atomic mass is 9.76. The van der Waals surface area contributed by atoms with Crippen LogP contribution < -0.4 is 0 Å². The van der Waals surface area contributed by atoms with Crippen LogP contribution in [0.1, 0.15) is 79.6 Å². The maximum atomic E-state index is 11.3. The Labute approximate surface area is 182 Å². The fraction of sp³-hybridized carbons (Fsp3) is 0.615. The van der Waals surface area contributed by atoms with Crippen molar-refractivity contribution < 1.29 is 19.0 Å². The van der Waals surface area contributed by atoms with Crippen molar-refractivity contribution in [2.24, 2.45) is 11.8 Å². The lowest BCUT2D eigenvalue weighted by Crippen LogP contribution is -2.28. The van der Waals surface area contributed by atoms with E-state index in [1.165, 1.54) is 24.0 Å². The Hall–Kier alpha value is -1.86. The number of alkyl halides is 2. The molecule has 1 aliphatic rings. The second-order valence-corrected chi connectivity index (χ2v) is 8.81. The summed E-state index contributed by atoms with van der Waals surface area (Å²) in [4.78, 5) is 0. The normalized spacial score (nSPS) is 20.2. The summed E-state index contributed by atoms with van der Waals surface area (Å²) in [6.07, 6.45) is 16.1. The molecule has 2 atom stereocenters. The molecule has 2 nitrogen and oxygen atoms in total. The van der Waals surface area contributed by atoms with Crippen LogP contribution in [0.2, 0.25) is 0 Å². The highest BCUT2D eigenvalue weighted by atomic mass is 19.3. The summed E-state index contributed by atoms with van der Waals surface area (Å²) in [5, 5.41) is 18.8. The average molecular weight is 423 g/mol. The van der Waals surface area contributed by atoms with Crippen molar-refractivity contribution in [2.45, 2.75) is 91.6 Å². The molecule has 1 aliphatic carbocycles. The molecule has 0 radical (unpaired) electrons. The molecule has 0 spiro atoms. The molecule has 2 N–H and O–H groups in total. The van der Waals surface area contributed by atoms with Crippen molar-refractivity contribution >= 4 is 0 Å². The van der Waals surface area contributed by atoms with Gasteiger partial charge in [0.25, 0.3) is 6.43 Å². The van der Waals surface area contributed by atoms with Crippen LogP contribution in [0.15, 0.2) is 47.3 Å². The fourth-order valence-corrected chi connectivity index (χ4v) is 3.36. The SMILES string of the molecule is C#C/C=C(\C=C(\O)CC1C=C(C)CCC1C(=C)C)CCCCC.CC(C)(O)C(F)F. The van der Waals surface area contributed by atoms with E-state index in [1.54, 1.807) is 6.08 Å². The predicted octanol–water partition coefficient (Wildman–Crippen LogP) is 7.53. The van der Waals surface area contributed by atoms with Crippen LogP contribution in [0.25, 0.3) is 0 Å². The third-order valence-corrected chi connectivity index (χ3v) is 5.17. The molecule has 0 saturated carbocycles. The summed E-state index contributed by atoms with van der Waals surface area (Å²) in [5.41, 5.74) is 1.86. The summed E-state index contributed by atoms with van der Waals surface area (Å²) in [6.45, 7) is 12.7. The highest BCUT2D eigenvalue weighted by Crippen LogP contribution is 2.36. The first kappa shape index (κ1) is 28.1. The highest BCUT2D eigenvalue weighted by molar-refractivity contribution is 5.29. The minimum Gasteiger partial charge on any atom is -0.512 e. The highest BCUT2D eigenvalue weighted by Gasteiger charge is 2.25. The van der Waals surface area contributed by atoms with Gasteiger partial charge in [0.05, 0.1) is 5.76 Å². The maximum Gasteiger partial charge on any atom is 0.266 e. The Kier molecular flexibility index (Phi) is 13.3. The first-order chi connectivity index (χ1) is 13.9. The molecule has 2 unspecified atom stereocenters. The fourth-order valence-electron chi connectivity index (χ4n) is 3.36. The van der Waals surface area contributed by atoms with Crippen LogP contribution in [-0.2, 0) is 0 Å². The van der Waals surface area contributed by atoms with Crippen molar-refractivity contribution in [1.29, 1.82) is 0 Å². The average Bonchev–Trinajstić information content (AvgIpc) is 2.61. The quantitative estimate of drug-likeness (QED) is 0.133. The van der Waals surface area contributed by atoms with Gasteiger partial charge in [-0.2, -0.15) is 0 Å². The Morgan fingerprint density at radius 3 is 2.47 bits per heavy atom.